The first-order chi connectivity index (χ1) is 7.74. The van der Waals surface area contributed by atoms with Gasteiger partial charge >= 0.3 is 0 Å². The van der Waals surface area contributed by atoms with Gasteiger partial charge in [-0.1, -0.05) is 0 Å². The lowest BCUT2D eigenvalue weighted by Crippen LogP contribution is -2.48. The molecule has 5 heteroatoms. The maximum absolute atomic E-state index is 11.6. The van der Waals surface area contributed by atoms with Crippen LogP contribution in [0.5, 0.6) is 0 Å². The number of nitrogens with zero attached hydrogens (tertiary/aromatic N) is 1. The van der Waals surface area contributed by atoms with Crippen molar-refractivity contribution in [1.82, 2.24) is 15.5 Å². The molecule has 1 aliphatic heterocycles. The summed E-state index contributed by atoms with van der Waals surface area (Å²) in [5, 5.41) is 15.3. The second kappa shape index (κ2) is 5.12. The molecule has 16 heavy (non-hydrogen) atoms. The number of nitrogens with one attached hydrogen (secondary N) is 2. The van der Waals surface area contributed by atoms with Crippen LogP contribution in [0.4, 0.5) is 0 Å². The molecule has 0 aromatic heterocycles. The molecule has 1 aliphatic carbocycles. The van der Waals surface area contributed by atoms with E-state index in [9.17, 15) is 4.79 Å². The average Bonchev–Trinajstić information content (AvgIpc) is 3.09. The van der Waals surface area contributed by atoms with E-state index in [-0.39, 0.29) is 17.9 Å². The highest BCUT2D eigenvalue weighted by Crippen LogP contribution is 2.44. The van der Waals surface area contributed by atoms with Crippen molar-refractivity contribution in [3.63, 3.8) is 0 Å². The van der Waals surface area contributed by atoms with Crippen LogP contribution in [-0.4, -0.2) is 61.8 Å². The van der Waals surface area contributed by atoms with Crippen LogP contribution in [0.1, 0.15) is 12.8 Å². The molecular weight excluding hydrogens is 206 g/mol. The molecular formula is C11H21N3O2. The number of rotatable bonds is 5. The van der Waals surface area contributed by atoms with Gasteiger partial charge in [-0.05, 0) is 12.8 Å². The van der Waals surface area contributed by atoms with Crippen molar-refractivity contribution in [2.24, 2.45) is 5.41 Å². The van der Waals surface area contributed by atoms with Crippen LogP contribution in [0.15, 0.2) is 0 Å². The molecule has 5 nitrogen and oxygen atoms in total. The second-order valence-corrected chi connectivity index (χ2v) is 4.96. The molecule has 1 amide bonds. The molecule has 0 radical (unpaired) electrons. The van der Waals surface area contributed by atoms with Gasteiger partial charge in [0.25, 0.3) is 0 Å². The number of carbonyl (C=O) groups is 1. The molecule has 92 valence electrons. The zero-order valence-electron chi connectivity index (χ0n) is 9.67. The SMILES string of the molecule is O=C(CN1CCNCC1)NCC1(CO)CC1. The zero-order chi connectivity index (χ0) is 11.4. The molecule has 0 bridgehead atoms. The highest BCUT2D eigenvalue weighted by atomic mass is 16.3. The van der Waals surface area contributed by atoms with Crippen molar-refractivity contribution in [3.8, 4) is 0 Å². The average molecular weight is 227 g/mol. The Morgan fingerprint density at radius 1 is 1.38 bits per heavy atom. The van der Waals surface area contributed by atoms with Crippen LogP contribution < -0.4 is 10.6 Å². The van der Waals surface area contributed by atoms with Gasteiger partial charge in [-0.15, -0.1) is 0 Å². The van der Waals surface area contributed by atoms with Gasteiger partial charge in [0.2, 0.25) is 5.91 Å². The van der Waals surface area contributed by atoms with E-state index >= 15 is 0 Å². The Labute approximate surface area is 96.2 Å². The number of carbonyl (C=O) groups excluding carboxylic acids is 1. The van der Waals surface area contributed by atoms with Gasteiger partial charge in [0.05, 0.1) is 13.2 Å². The monoisotopic (exact) mass is 227 g/mol. The number of hydrogen-bond acceptors (Lipinski definition) is 4. The van der Waals surface area contributed by atoms with Crippen LogP contribution in [0.25, 0.3) is 0 Å². The van der Waals surface area contributed by atoms with E-state index in [0.29, 0.717) is 13.1 Å². The normalized spacial score (nSPS) is 24.1. The van der Waals surface area contributed by atoms with Crippen LogP contribution in [0.3, 0.4) is 0 Å². The number of aliphatic hydroxyl groups is 1. The van der Waals surface area contributed by atoms with E-state index in [1.54, 1.807) is 0 Å². The van der Waals surface area contributed by atoms with Gasteiger partial charge in [-0.3, -0.25) is 9.69 Å². The van der Waals surface area contributed by atoms with Crippen LogP contribution in [-0.2, 0) is 4.79 Å². The lowest BCUT2D eigenvalue weighted by molar-refractivity contribution is -0.122. The molecule has 1 heterocycles. The summed E-state index contributed by atoms with van der Waals surface area (Å²) >= 11 is 0. The minimum Gasteiger partial charge on any atom is -0.396 e. The Hall–Kier alpha value is -0.650. The lowest BCUT2D eigenvalue weighted by atomic mass is 10.1. The number of hydrogen-bond donors (Lipinski definition) is 3. The number of amides is 1. The van der Waals surface area contributed by atoms with E-state index in [1.165, 1.54) is 0 Å². The Morgan fingerprint density at radius 2 is 2.06 bits per heavy atom. The van der Waals surface area contributed by atoms with Crippen LogP contribution >= 0.6 is 0 Å². The highest BCUT2D eigenvalue weighted by molar-refractivity contribution is 5.78. The van der Waals surface area contributed by atoms with E-state index in [0.717, 1.165) is 39.0 Å². The van der Waals surface area contributed by atoms with Gasteiger partial charge in [0.1, 0.15) is 0 Å². The Balaban J connectivity index is 1.64. The molecule has 0 spiro atoms. The van der Waals surface area contributed by atoms with Crippen molar-refractivity contribution in [1.29, 1.82) is 0 Å². The van der Waals surface area contributed by atoms with Crippen molar-refractivity contribution < 1.29 is 9.90 Å². The molecule has 0 aromatic rings. The summed E-state index contributed by atoms with van der Waals surface area (Å²) in [5.74, 6) is 0.0848. The zero-order valence-corrected chi connectivity index (χ0v) is 9.67. The fraction of sp³-hybridized carbons (Fsp3) is 0.909. The first kappa shape index (κ1) is 11.8. The Bertz CT molecular complexity index is 248. The Kier molecular flexibility index (Phi) is 3.78. The summed E-state index contributed by atoms with van der Waals surface area (Å²) in [6, 6.07) is 0. The third-order valence-electron chi connectivity index (χ3n) is 3.53. The first-order valence-electron chi connectivity index (χ1n) is 6.05. The van der Waals surface area contributed by atoms with Crippen molar-refractivity contribution in [3.05, 3.63) is 0 Å². The van der Waals surface area contributed by atoms with Gasteiger partial charge in [-0.2, -0.15) is 0 Å². The van der Waals surface area contributed by atoms with Gasteiger partial charge in [-0.25, -0.2) is 0 Å². The number of aliphatic hydroxyl groups excluding tert-OH is 1. The standard InChI is InChI=1S/C11H21N3O2/c15-9-11(1-2-11)8-13-10(16)7-14-5-3-12-4-6-14/h12,15H,1-9H2,(H,13,16). The van der Waals surface area contributed by atoms with Crippen molar-refractivity contribution >= 4 is 5.91 Å². The Morgan fingerprint density at radius 3 is 2.62 bits per heavy atom. The predicted octanol–water partition coefficient (Wildman–Crippen LogP) is -1.22. The smallest absolute Gasteiger partial charge is 0.234 e. The molecule has 2 rings (SSSR count). The fourth-order valence-electron chi connectivity index (χ4n) is 1.98. The summed E-state index contributed by atoms with van der Waals surface area (Å²) in [5.41, 5.74) is 0.0130. The molecule has 0 aromatic carbocycles. The van der Waals surface area contributed by atoms with Crippen molar-refractivity contribution in [2.45, 2.75) is 12.8 Å². The van der Waals surface area contributed by atoms with Gasteiger partial charge in [0, 0.05) is 38.1 Å². The molecule has 2 aliphatic rings. The summed E-state index contributed by atoms with van der Waals surface area (Å²) in [6.07, 6.45) is 2.08. The molecule has 2 fully saturated rings. The van der Waals surface area contributed by atoms with Gasteiger partial charge < -0.3 is 15.7 Å². The summed E-state index contributed by atoms with van der Waals surface area (Å²) in [4.78, 5) is 13.8. The van der Waals surface area contributed by atoms with Crippen LogP contribution in [0.2, 0.25) is 0 Å². The van der Waals surface area contributed by atoms with E-state index in [2.05, 4.69) is 15.5 Å². The minimum absolute atomic E-state index is 0.0130. The maximum atomic E-state index is 11.6. The molecule has 1 saturated carbocycles. The molecule has 0 unspecified atom stereocenters. The second-order valence-electron chi connectivity index (χ2n) is 4.96. The first-order valence-corrected chi connectivity index (χ1v) is 6.05. The topological polar surface area (TPSA) is 64.6 Å². The fourth-order valence-corrected chi connectivity index (χ4v) is 1.98. The van der Waals surface area contributed by atoms with E-state index in [1.807, 2.05) is 0 Å². The van der Waals surface area contributed by atoms with E-state index in [4.69, 9.17) is 5.11 Å². The summed E-state index contributed by atoms with van der Waals surface area (Å²) in [6.45, 7) is 5.14. The molecule has 1 saturated heterocycles. The minimum atomic E-state index is 0.0130. The third-order valence-corrected chi connectivity index (χ3v) is 3.53. The van der Waals surface area contributed by atoms with Crippen molar-refractivity contribution in [2.75, 3.05) is 45.9 Å². The van der Waals surface area contributed by atoms with E-state index < -0.39 is 0 Å². The van der Waals surface area contributed by atoms with Gasteiger partial charge in [0.15, 0.2) is 0 Å². The summed E-state index contributed by atoms with van der Waals surface area (Å²) in [7, 11) is 0. The summed E-state index contributed by atoms with van der Waals surface area (Å²) < 4.78 is 0. The maximum Gasteiger partial charge on any atom is 0.234 e. The predicted molar refractivity (Wildman–Crippen MR) is 61.1 cm³/mol. The lowest BCUT2D eigenvalue weighted by Gasteiger charge is -2.26. The number of piperazine rings is 1. The largest absolute Gasteiger partial charge is 0.396 e. The quantitative estimate of drug-likeness (QED) is 0.551. The molecule has 3 N–H and O–H groups in total. The van der Waals surface area contributed by atoms with Crippen LogP contribution in [0, 0.1) is 5.41 Å². The third kappa shape index (κ3) is 3.17. The highest BCUT2D eigenvalue weighted by Gasteiger charge is 2.42. The molecule has 0 atom stereocenters.